The van der Waals surface area contributed by atoms with Crippen molar-refractivity contribution in [2.45, 2.75) is 11.3 Å². The Bertz CT molecular complexity index is 749. The lowest BCUT2D eigenvalue weighted by atomic mass is 10.2. The van der Waals surface area contributed by atoms with Crippen LogP contribution in [0.4, 0.5) is 17.1 Å². The van der Waals surface area contributed by atoms with Crippen LogP contribution in [0.5, 0.6) is 0 Å². The third kappa shape index (κ3) is 2.96. The van der Waals surface area contributed by atoms with Gasteiger partial charge in [0.25, 0.3) is 0 Å². The largest absolute Gasteiger partial charge is 0.383 e. The fourth-order valence-corrected chi connectivity index (χ4v) is 4.35. The highest BCUT2D eigenvalue weighted by Gasteiger charge is 2.25. The van der Waals surface area contributed by atoms with Gasteiger partial charge >= 0.3 is 0 Å². The first-order valence-corrected chi connectivity index (χ1v) is 9.41. The molecule has 0 atom stereocenters. The average Bonchev–Trinajstić information content (AvgIpc) is 2.84. The molecule has 2 heterocycles. The zero-order valence-electron chi connectivity index (χ0n) is 13.6. The summed E-state index contributed by atoms with van der Waals surface area (Å²) in [6, 6.07) is 16.5. The van der Waals surface area contributed by atoms with Crippen LogP contribution in [0.15, 0.2) is 53.4 Å². The van der Waals surface area contributed by atoms with Crippen LogP contribution in [0.2, 0.25) is 0 Å². The Labute approximate surface area is 146 Å². The molecule has 0 spiro atoms. The van der Waals surface area contributed by atoms with Crippen molar-refractivity contribution in [2.24, 2.45) is 0 Å². The van der Waals surface area contributed by atoms with Crippen LogP contribution in [-0.4, -0.2) is 37.8 Å². The number of amides is 1. The number of nitrogens with zero attached hydrogens (tertiary/aromatic N) is 2. The van der Waals surface area contributed by atoms with Gasteiger partial charge in [-0.2, -0.15) is 0 Å². The zero-order valence-corrected chi connectivity index (χ0v) is 14.4. The summed E-state index contributed by atoms with van der Waals surface area (Å²) in [7, 11) is 0. The van der Waals surface area contributed by atoms with Crippen molar-refractivity contribution in [1.82, 2.24) is 0 Å². The Balaban J connectivity index is 1.57. The molecule has 2 aromatic carbocycles. The first-order chi connectivity index (χ1) is 11.8. The summed E-state index contributed by atoms with van der Waals surface area (Å²) in [5.41, 5.74) is 3.31. The molecular formula is C19H21N3OS. The predicted octanol–water partition coefficient (Wildman–Crippen LogP) is 3.45. The maximum atomic E-state index is 13.0. The van der Waals surface area contributed by atoms with Crippen molar-refractivity contribution >= 4 is 34.7 Å². The first kappa shape index (κ1) is 15.4. The minimum Gasteiger partial charge on any atom is -0.383 e. The van der Waals surface area contributed by atoms with Crippen molar-refractivity contribution in [2.75, 3.05) is 47.0 Å². The Kier molecular flexibility index (Phi) is 4.34. The molecule has 2 aromatic rings. The molecule has 0 saturated carbocycles. The molecule has 5 heteroatoms. The van der Waals surface area contributed by atoms with Gasteiger partial charge in [-0.25, -0.2) is 0 Å². The maximum Gasteiger partial charge on any atom is 0.246 e. The number of para-hydroxylation sites is 3. The quantitative estimate of drug-likeness (QED) is 0.909. The molecule has 4 rings (SSSR count). The Morgan fingerprint density at radius 3 is 2.75 bits per heavy atom. The Morgan fingerprint density at radius 1 is 1.04 bits per heavy atom. The van der Waals surface area contributed by atoms with Gasteiger partial charge in [-0.15, -0.1) is 11.8 Å². The highest BCUT2D eigenvalue weighted by atomic mass is 32.2. The monoisotopic (exact) mass is 339 g/mol. The summed E-state index contributed by atoms with van der Waals surface area (Å²) in [5.74, 6) is 1.14. The van der Waals surface area contributed by atoms with Crippen molar-refractivity contribution in [3.8, 4) is 0 Å². The lowest BCUT2D eigenvalue weighted by Gasteiger charge is -2.32. The van der Waals surface area contributed by atoms with E-state index in [1.165, 1.54) is 4.90 Å². The fourth-order valence-electron chi connectivity index (χ4n) is 3.35. The van der Waals surface area contributed by atoms with Crippen LogP contribution in [0.1, 0.15) is 6.42 Å². The average molecular weight is 339 g/mol. The second-order valence-electron chi connectivity index (χ2n) is 6.08. The molecule has 1 N–H and O–H groups in total. The van der Waals surface area contributed by atoms with E-state index in [4.69, 9.17) is 0 Å². The van der Waals surface area contributed by atoms with Gasteiger partial charge < -0.3 is 15.1 Å². The summed E-state index contributed by atoms with van der Waals surface area (Å²) in [6.07, 6.45) is 1.04. The van der Waals surface area contributed by atoms with Gasteiger partial charge in [-0.1, -0.05) is 24.3 Å². The third-order valence-electron chi connectivity index (χ3n) is 4.52. The fraction of sp³-hybridized carbons (Fsp3) is 0.316. The molecule has 24 heavy (non-hydrogen) atoms. The van der Waals surface area contributed by atoms with Gasteiger partial charge in [0.1, 0.15) is 0 Å². The lowest BCUT2D eigenvalue weighted by Crippen LogP contribution is -2.43. The van der Waals surface area contributed by atoms with Crippen LogP contribution in [0, 0.1) is 0 Å². The van der Waals surface area contributed by atoms with Crippen LogP contribution in [-0.2, 0) is 4.79 Å². The van der Waals surface area contributed by atoms with Crippen molar-refractivity contribution in [3.05, 3.63) is 48.5 Å². The third-order valence-corrected chi connectivity index (χ3v) is 5.56. The number of rotatable bonds is 2. The summed E-state index contributed by atoms with van der Waals surface area (Å²) in [5, 5.41) is 3.45. The highest BCUT2D eigenvalue weighted by molar-refractivity contribution is 7.99. The topological polar surface area (TPSA) is 35.6 Å². The normalized spacial score (nSPS) is 16.7. The number of thioether (sulfide) groups is 1. The highest BCUT2D eigenvalue weighted by Crippen LogP contribution is 2.35. The molecule has 124 valence electrons. The van der Waals surface area contributed by atoms with Crippen molar-refractivity contribution in [3.63, 3.8) is 0 Å². The van der Waals surface area contributed by atoms with E-state index in [1.807, 2.05) is 40.9 Å². The Hall–Kier alpha value is -2.14. The minimum absolute atomic E-state index is 0.180. The number of hydrogen-bond donors (Lipinski definition) is 1. The van der Waals surface area contributed by atoms with E-state index in [2.05, 4.69) is 34.5 Å². The van der Waals surface area contributed by atoms with Crippen molar-refractivity contribution < 1.29 is 4.79 Å². The SMILES string of the molecule is O=C(CN1CCCNc2ccccc21)N1CCSc2ccccc21. The van der Waals surface area contributed by atoms with E-state index in [0.29, 0.717) is 6.54 Å². The van der Waals surface area contributed by atoms with Crippen molar-refractivity contribution in [1.29, 1.82) is 0 Å². The Morgan fingerprint density at radius 2 is 1.83 bits per heavy atom. The van der Waals surface area contributed by atoms with E-state index in [9.17, 15) is 4.79 Å². The molecular weight excluding hydrogens is 318 g/mol. The predicted molar refractivity (Wildman–Crippen MR) is 101 cm³/mol. The van der Waals surface area contributed by atoms with Crippen LogP contribution >= 0.6 is 11.8 Å². The van der Waals surface area contributed by atoms with Crippen LogP contribution in [0.25, 0.3) is 0 Å². The van der Waals surface area contributed by atoms with Crippen LogP contribution < -0.4 is 15.1 Å². The van der Waals surface area contributed by atoms with E-state index < -0.39 is 0 Å². The molecule has 0 bridgehead atoms. The number of hydrogen-bond acceptors (Lipinski definition) is 4. The molecule has 4 nitrogen and oxygen atoms in total. The van der Waals surface area contributed by atoms with Gasteiger partial charge in [-0.05, 0) is 30.7 Å². The summed E-state index contributed by atoms with van der Waals surface area (Å²) in [4.78, 5) is 18.4. The second-order valence-corrected chi connectivity index (χ2v) is 7.22. The molecule has 0 saturated heterocycles. The van der Waals surface area contributed by atoms with Gasteiger partial charge in [0.15, 0.2) is 0 Å². The van der Waals surface area contributed by atoms with E-state index in [-0.39, 0.29) is 5.91 Å². The van der Waals surface area contributed by atoms with E-state index in [1.54, 1.807) is 0 Å². The van der Waals surface area contributed by atoms with Gasteiger partial charge in [0.2, 0.25) is 5.91 Å². The molecule has 2 aliphatic heterocycles. The van der Waals surface area contributed by atoms with Gasteiger partial charge in [0.05, 0.1) is 23.6 Å². The number of fused-ring (bicyclic) bond motifs is 2. The van der Waals surface area contributed by atoms with Gasteiger partial charge in [-0.3, -0.25) is 4.79 Å². The van der Waals surface area contributed by atoms with Crippen LogP contribution in [0.3, 0.4) is 0 Å². The van der Waals surface area contributed by atoms with E-state index >= 15 is 0 Å². The first-order valence-electron chi connectivity index (χ1n) is 8.43. The zero-order chi connectivity index (χ0) is 16.4. The molecule has 0 unspecified atom stereocenters. The summed E-state index contributed by atoms with van der Waals surface area (Å²) < 4.78 is 0. The smallest absolute Gasteiger partial charge is 0.246 e. The number of anilines is 3. The van der Waals surface area contributed by atoms with E-state index in [0.717, 1.165) is 48.9 Å². The minimum atomic E-state index is 0.180. The number of nitrogens with one attached hydrogen (secondary N) is 1. The summed E-state index contributed by atoms with van der Waals surface area (Å²) in [6.45, 7) is 3.07. The van der Waals surface area contributed by atoms with Gasteiger partial charge in [0, 0.05) is 30.3 Å². The molecule has 1 amide bonds. The standard InChI is InChI=1S/C19H21N3OS/c23-19(22-12-13-24-18-9-4-3-8-17(18)22)14-21-11-5-10-20-15-6-1-2-7-16(15)21/h1-4,6-9,20H,5,10-14H2. The lowest BCUT2D eigenvalue weighted by molar-refractivity contribution is -0.117. The second kappa shape index (κ2) is 6.77. The molecule has 0 aromatic heterocycles. The maximum absolute atomic E-state index is 13.0. The molecule has 0 aliphatic carbocycles. The summed E-state index contributed by atoms with van der Waals surface area (Å²) >= 11 is 1.83. The number of carbonyl (C=O) groups is 1. The molecule has 2 aliphatic rings. The number of carbonyl (C=O) groups excluding carboxylic acids is 1. The molecule has 0 fully saturated rings. The number of benzene rings is 2. The molecule has 0 radical (unpaired) electrons.